The maximum absolute atomic E-state index is 12.3. The Labute approximate surface area is 211 Å². The quantitative estimate of drug-likeness (QED) is 0.290. The molecule has 1 amide bonds. The van der Waals surface area contributed by atoms with Gasteiger partial charge in [0, 0.05) is 43.4 Å². The second kappa shape index (κ2) is 11.0. The highest BCUT2D eigenvalue weighted by Gasteiger charge is 2.24. The van der Waals surface area contributed by atoms with E-state index in [2.05, 4.69) is 85.7 Å². The number of benzene rings is 3. The van der Waals surface area contributed by atoms with E-state index in [1.165, 1.54) is 11.1 Å². The number of para-hydroxylation sites is 1. The van der Waals surface area contributed by atoms with E-state index in [1.54, 1.807) is 6.92 Å². The first-order valence-corrected chi connectivity index (χ1v) is 12.5. The molecule has 6 heteroatoms. The number of carbonyl (C=O) groups excluding carboxylic acids is 1. The van der Waals surface area contributed by atoms with Crippen molar-refractivity contribution in [3.8, 4) is 0 Å². The molecule has 0 radical (unpaired) electrons. The van der Waals surface area contributed by atoms with E-state index < -0.39 is 0 Å². The van der Waals surface area contributed by atoms with Crippen molar-refractivity contribution < 1.29 is 4.79 Å². The van der Waals surface area contributed by atoms with Crippen molar-refractivity contribution in [2.24, 2.45) is 0 Å². The van der Waals surface area contributed by atoms with Crippen LogP contribution in [0.4, 0.5) is 0 Å². The molecule has 5 aromatic rings. The van der Waals surface area contributed by atoms with E-state index >= 15 is 0 Å². The molecule has 5 rings (SSSR count). The van der Waals surface area contributed by atoms with Crippen LogP contribution in [-0.2, 0) is 37.0 Å². The third-order valence-electron chi connectivity index (χ3n) is 6.59. The van der Waals surface area contributed by atoms with Crippen LogP contribution in [0.25, 0.3) is 10.9 Å². The van der Waals surface area contributed by atoms with Gasteiger partial charge in [0.1, 0.15) is 5.82 Å². The molecule has 1 atom stereocenters. The molecule has 36 heavy (non-hydrogen) atoms. The van der Waals surface area contributed by atoms with Crippen molar-refractivity contribution in [2.45, 2.75) is 45.2 Å². The Bertz CT molecular complexity index is 1420. The Morgan fingerprint density at radius 1 is 0.861 bits per heavy atom. The molecular weight excluding hydrogens is 446 g/mol. The first kappa shape index (κ1) is 23.5. The molecule has 0 fully saturated rings. The lowest BCUT2D eigenvalue weighted by atomic mass is 10.0. The largest absolute Gasteiger partial charge is 0.361 e. The number of aryl methyl sites for hydroxylation is 3. The van der Waals surface area contributed by atoms with Gasteiger partial charge in [0.15, 0.2) is 5.82 Å². The van der Waals surface area contributed by atoms with Gasteiger partial charge in [-0.2, -0.15) is 0 Å². The molecule has 0 saturated heterocycles. The first-order valence-electron chi connectivity index (χ1n) is 12.5. The summed E-state index contributed by atoms with van der Waals surface area (Å²) in [5, 5.41) is 13.6. The number of hydrogen-bond acceptors (Lipinski definition) is 3. The predicted molar refractivity (Wildman–Crippen MR) is 143 cm³/mol. The average molecular weight is 478 g/mol. The summed E-state index contributed by atoms with van der Waals surface area (Å²) in [6.45, 7) is 2.31. The van der Waals surface area contributed by atoms with Crippen molar-refractivity contribution in [2.75, 3.05) is 0 Å². The smallest absolute Gasteiger partial charge is 0.217 e. The number of aromatic nitrogens is 4. The van der Waals surface area contributed by atoms with E-state index in [1.807, 2.05) is 30.5 Å². The summed E-state index contributed by atoms with van der Waals surface area (Å²) in [7, 11) is 0. The molecular formula is C30H31N5O. The first-order chi connectivity index (χ1) is 17.7. The number of nitrogens with one attached hydrogen (secondary N) is 2. The number of nitrogens with zero attached hydrogens (tertiary/aromatic N) is 3. The van der Waals surface area contributed by atoms with Gasteiger partial charge in [-0.1, -0.05) is 78.9 Å². The Kier molecular flexibility index (Phi) is 7.22. The van der Waals surface area contributed by atoms with Gasteiger partial charge in [0.2, 0.25) is 5.91 Å². The summed E-state index contributed by atoms with van der Waals surface area (Å²) in [4.78, 5) is 15.6. The molecule has 2 N–H and O–H groups in total. The normalized spacial score (nSPS) is 12.0. The summed E-state index contributed by atoms with van der Waals surface area (Å²) in [5.74, 6) is 1.66. The van der Waals surface area contributed by atoms with Gasteiger partial charge >= 0.3 is 0 Å². The van der Waals surface area contributed by atoms with Gasteiger partial charge in [-0.05, 0) is 35.6 Å². The van der Waals surface area contributed by atoms with Crippen molar-refractivity contribution in [1.29, 1.82) is 0 Å². The Morgan fingerprint density at radius 2 is 1.53 bits per heavy atom. The molecule has 0 spiro atoms. The van der Waals surface area contributed by atoms with E-state index in [0.717, 1.165) is 53.9 Å². The van der Waals surface area contributed by atoms with Crippen LogP contribution >= 0.6 is 0 Å². The zero-order valence-electron chi connectivity index (χ0n) is 20.5. The third-order valence-corrected chi connectivity index (χ3v) is 6.59. The number of hydrogen-bond donors (Lipinski definition) is 2. The van der Waals surface area contributed by atoms with Crippen LogP contribution in [-0.4, -0.2) is 25.7 Å². The van der Waals surface area contributed by atoms with Gasteiger partial charge in [0.25, 0.3) is 0 Å². The molecule has 2 heterocycles. The third kappa shape index (κ3) is 5.54. The topological polar surface area (TPSA) is 75.6 Å². The molecule has 0 saturated carbocycles. The van der Waals surface area contributed by atoms with Gasteiger partial charge in [-0.25, -0.2) is 0 Å². The Balaban J connectivity index is 1.46. The Hall–Kier alpha value is -4.19. The highest BCUT2D eigenvalue weighted by atomic mass is 16.1. The molecule has 182 valence electrons. The maximum Gasteiger partial charge on any atom is 0.217 e. The van der Waals surface area contributed by atoms with E-state index in [0.29, 0.717) is 6.42 Å². The van der Waals surface area contributed by atoms with Crippen LogP contribution in [0, 0.1) is 0 Å². The minimum Gasteiger partial charge on any atom is -0.361 e. The lowest BCUT2D eigenvalue weighted by molar-refractivity contribution is -0.119. The SMILES string of the molecule is CC(=O)NC(Cc1c[nH]c2ccccc12)c1nnc(CCc2ccccc2)n1CCc1ccccc1. The standard InChI is InChI=1S/C30H31N5O/c1-22(36)32-28(20-25-21-31-27-15-9-8-14-26(25)27)30-34-33-29(17-16-23-10-4-2-5-11-23)35(30)19-18-24-12-6-3-7-13-24/h2-15,21,28,31H,16-20H2,1H3,(H,32,36). The summed E-state index contributed by atoms with van der Waals surface area (Å²) in [6.07, 6.45) is 5.19. The second-order valence-corrected chi connectivity index (χ2v) is 9.16. The fourth-order valence-electron chi connectivity index (χ4n) is 4.79. The summed E-state index contributed by atoms with van der Waals surface area (Å²) in [6, 6.07) is 28.9. The van der Waals surface area contributed by atoms with Crippen molar-refractivity contribution in [3.05, 3.63) is 119 Å². The number of rotatable bonds is 10. The van der Waals surface area contributed by atoms with Crippen molar-refractivity contribution >= 4 is 16.8 Å². The lowest BCUT2D eigenvalue weighted by Gasteiger charge is -2.19. The highest BCUT2D eigenvalue weighted by Crippen LogP contribution is 2.25. The maximum atomic E-state index is 12.3. The van der Waals surface area contributed by atoms with Crippen LogP contribution in [0.3, 0.4) is 0 Å². The van der Waals surface area contributed by atoms with Crippen LogP contribution < -0.4 is 5.32 Å². The zero-order chi connectivity index (χ0) is 24.7. The van der Waals surface area contributed by atoms with E-state index in [4.69, 9.17) is 0 Å². The monoisotopic (exact) mass is 477 g/mol. The zero-order valence-corrected chi connectivity index (χ0v) is 20.5. The predicted octanol–water partition coefficient (Wildman–Crippen LogP) is 5.21. The minimum absolute atomic E-state index is 0.0803. The second-order valence-electron chi connectivity index (χ2n) is 9.16. The number of amides is 1. The summed E-state index contributed by atoms with van der Waals surface area (Å²) >= 11 is 0. The Morgan fingerprint density at radius 3 is 2.25 bits per heavy atom. The molecule has 0 aliphatic heterocycles. The summed E-state index contributed by atoms with van der Waals surface area (Å²) < 4.78 is 2.21. The molecule has 6 nitrogen and oxygen atoms in total. The summed E-state index contributed by atoms with van der Waals surface area (Å²) in [5.41, 5.74) is 4.77. The van der Waals surface area contributed by atoms with Crippen LogP contribution in [0.15, 0.2) is 91.1 Å². The number of H-pyrrole nitrogens is 1. The molecule has 0 bridgehead atoms. The molecule has 0 aliphatic carbocycles. The molecule has 2 aromatic heterocycles. The fraction of sp³-hybridized carbons (Fsp3) is 0.233. The van der Waals surface area contributed by atoms with Gasteiger partial charge < -0.3 is 14.9 Å². The number of carbonyl (C=O) groups is 1. The van der Waals surface area contributed by atoms with Crippen LogP contribution in [0.1, 0.15) is 41.3 Å². The van der Waals surface area contributed by atoms with Crippen molar-refractivity contribution in [3.63, 3.8) is 0 Å². The van der Waals surface area contributed by atoms with Gasteiger partial charge in [-0.3, -0.25) is 4.79 Å². The molecule has 1 unspecified atom stereocenters. The van der Waals surface area contributed by atoms with Crippen LogP contribution in [0.2, 0.25) is 0 Å². The molecule has 0 aliphatic rings. The fourth-order valence-corrected chi connectivity index (χ4v) is 4.79. The lowest BCUT2D eigenvalue weighted by Crippen LogP contribution is -2.30. The highest BCUT2D eigenvalue weighted by molar-refractivity contribution is 5.83. The average Bonchev–Trinajstić information content (AvgIpc) is 3.51. The number of fused-ring (bicyclic) bond motifs is 1. The molecule has 3 aromatic carbocycles. The van der Waals surface area contributed by atoms with Gasteiger partial charge in [0.05, 0.1) is 6.04 Å². The van der Waals surface area contributed by atoms with Crippen molar-refractivity contribution in [1.82, 2.24) is 25.1 Å². The minimum atomic E-state index is -0.282. The van der Waals surface area contributed by atoms with E-state index in [-0.39, 0.29) is 11.9 Å². The van der Waals surface area contributed by atoms with E-state index in [9.17, 15) is 4.79 Å². The van der Waals surface area contributed by atoms with Gasteiger partial charge in [-0.15, -0.1) is 10.2 Å². The van der Waals surface area contributed by atoms with Crippen LogP contribution in [0.5, 0.6) is 0 Å². The number of aromatic amines is 1.